The standard InChI is InChI=1S/C9H9F4NO.H2/c1-15-7-3-2-5(4-6(7)10)8(14)9(11,12)13;/h2-4,8H,14H2,1H3;1H/t8-;/m0./s1. The fraction of sp³-hybridized carbons (Fsp3) is 0.333. The van der Waals surface area contributed by atoms with Crippen LogP contribution in [0.5, 0.6) is 5.75 Å². The number of nitrogens with two attached hydrogens (primary N) is 1. The molecule has 6 heteroatoms. The van der Waals surface area contributed by atoms with Gasteiger partial charge in [-0.2, -0.15) is 13.2 Å². The summed E-state index contributed by atoms with van der Waals surface area (Å²) in [4.78, 5) is 0. The van der Waals surface area contributed by atoms with Crippen LogP contribution in [0.25, 0.3) is 0 Å². The summed E-state index contributed by atoms with van der Waals surface area (Å²) >= 11 is 0. The second-order valence-corrected chi connectivity index (χ2v) is 2.91. The number of hydrogen-bond donors (Lipinski definition) is 1. The second kappa shape index (κ2) is 4.06. The molecule has 1 atom stereocenters. The quantitative estimate of drug-likeness (QED) is 0.785. The topological polar surface area (TPSA) is 35.2 Å². The predicted octanol–water partition coefficient (Wildman–Crippen LogP) is 2.64. The first-order chi connectivity index (χ1) is 6.86. The van der Waals surface area contributed by atoms with Gasteiger partial charge in [-0.05, 0) is 17.7 Å². The van der Waals surface area contributed by atoms with E-state index < -0.39 is 18.0 Å². The van der Waals surface area contributed by atoms with Crippen LogP contribution in [0.2, 0.25) is 0 Å². The van der Waals surface area contributed by atoms with Gasteiger partial charge in [0.15, 0.2) is 11.6 Å². The van der Waals surface area contributed by atoms with Gasteiger partial charge in [0.05, 0.1) is 7.11 Å². The minimum atomic E-state index is -4.58. The average Bonchev–Trinajstić information content (AvgIpc) is 2.15. The number of alkyl halides is 3. The summed E-state index contributed by atoms with van der Waals surface area (Å²) in [5.41, 5.74) is 4.57. The lowest BCUT2D eigenvalue weighted by molar-refractivity contribution is -0.149. The van der Waals surface area contributed by atoms with Gasteiger partial charge in [0.25, 0.3) is 0 Å². The molecule has 0 heterocycles. The minimum absolute atomic E-state index is 0. The van der Waals surface area contributed by atoms with E-state index in [1.54, 1.807) is 0 Å². The Labute approximate surface area is 85.1 Å². The molecule has 0 unspecified atom stereocenters. The van der Waals surface area contributed by atoms with Crippen molar-refractivity contribution in [1.29, 1.82) is 0 Å². The predicted molar refractivity (Wildman–Crippen MR) is 48.0 cm³/mol. The third kappa shape index (κ3) is 2.59. The van der Waals surface area contributed by atoms with Gasteiger partial charge in [0.2, 0.25) is 0 Å². The Morgan fingerprint density at radius 1 is 1.40 bits per heavy atom. The zero-order chi connectivity index (χ0) is 11.6. The molecule has 1 aromatic carbocycles. The highest BCUT2D eigenvalue weighted by atomic mass is 19.4. The van der Waals surface area contributed by atoms with E-state index in [9.17, 15) is 17.6 Å². The van der Waals surface area contributed by atoms with Gasteiger partial charge in [-0.15, -0.1) is 0 Å². The third-order valence-corrected chi connectivity index (χ3v) is 1.89. The molecule has 0 saturated heterocycles. The highest BCUT2D eigenvalue weighted by Gasteiger charge is 2.38. The van der Waals surface area contributed by atoms with Gasteiger partial charge in [0.1, 0.15) is 6.04 Å². The van der Waals surface area contributed by atoms with Gasteiger partial charge in [0, 0.05) is 1.43 Å². The molecule has 0 amide bonds. The fourth-order valence-corrected chi connectivity index (χ4v) is 1.07. The molecule has 0 bridgehead atoms. The summed E-state index contributed by atoms with van der Waals surface area (Å²) in [7, 11) is 1.22. The Kier molecular flexibility index (Phi) is 3.18. The Balaban J connectivity index is 0.00000225. The first kappa shape index (κ1) is 11.8. The lowest BCUT2D eigenvalue weighted by Crippen LogP contribution is -2.28. The number of benzene rings is 1. The monoisotopic (exact) mass is 225 g/mol. The highest BCUT2D eigenvalue weighted by molar-refractivity contribution is 5.31. The average molecular weight is 225 g/mol. The maximum atomic E-state index is 13.1. The second-order valence-electron chi connectivity index (χ2n) is 2.91. The van der Waals surface area contributed by atoms with Crippen LogP contribution in [-0.2, 0) is 0 Å². The number of rotatable bonds is 2. The van der Waals surface area contributed by atoms with E-state index in [1.807, 2.05) is 0 Å². The van der Waals surface area contributed by atoms with E-state index in [1.165, 1.54) is 7.11 Å². The summed E-state index contributed by atoms with van der Waals surface area (Å²) in [5, 5.41) is 0. The SMILES string of the molecule is COc1ccc([C@H](N)C(F)(F)F)cc1F.[HH]. The smallest absolute Gasteiger partial charge is 0.407 e. The van der Waals surface area contributed by atoms with Crippen molar-refractivity contribution in [2.75, 3.05) is 7.11 Å². The van der Waals surface area contributed by atoms with Crippen LogP contribution >= 0.6 is 0 Å². The van der Waals surface area contributed by atoms with E-state index in [4.69, 9.17) is 5.73 Å². The molecule has 0 fully saturated rings. The molecule has 2 nitrogen and oxygen atoms in total. The Bertz CT molecular complexity index is 356. The van der Waals surface area contributed by atoms with Crippen molar-refractivity contribution in [1.82, 2.24) is 0 Å². The van der Waals surface area contributed by atoms with Crippen LogP contribution in [0.1, 0.15) is 13.0 Å². The van der Waals surface area contributed by atoms with Crippen molar-refractivity contribution in [3.8, 4) is 5.75 Å². The molecule has 1 rings (SSSR count). The lowest BCUT2D eigenvalue weighted by atomic mass is 10.1. The van der Waals surface area contributed by atoms with Gasteiger partial charge >= 0.3 is 6.18 Å². The van der Waals surface area contributed by atoms with Crippen molar-refractivity contribution in [3.05, 3.63) is 29.6 Å². The first-order valence-electron chi connectivity index (χ1n) is 4.02. The molecule has 0 aliphatic carbocycles. The molecule has 0 aliphatic rings. The van der Waals surface area contributed by atoms with E-state index in [2.05, 4.69) is 4.74 Å². The van der Waals surface area contributed by atoms with Gasteiger partial charge in [-0.1, -0.05) is 6.07 Å². The van der Waals surface area contributed by atoms with Gasteiger partial charge in [-0.25, -0.2) is 4.39 Å². The molecule has 1 aromatic rings. The largest absolute Gasteiger partial charge is 0.494 e. The van der Waals surface area contributed by atoms with Crippen molar-refractivity contribution >= 4 is 0 Å². The molecule has 0 aliphatic heterocycles. The number of methoxy groups -OCH3 is 1. The molecule has 15 heavy (non-hydrogen) atoms. The first-order valence-corrected chi connectivity index (χ1v) is 4.02. The zero-order valence-electron chi connectivity index (χ0n) is 7.81. The van der Waals surface area contributed by atoms with Crippen molar-refractivity contribution in [2.45, 2.75) is 12.2 Å². The molecular weight excluding hydrogens is 214 g/mol. The molecular formula is C9H11F4NO. The number of halogens is 4. The molecule has 0 radical (unpaired) electrons. The molecule has 0 spiro atoms. The minimum Gasteiger partial charge on any atom is -0.494 e. The fourth-order valence-electron chi connectivity index (χ4n) is 1.07. The maximum absolute atomic E-state index is 13.1. The van der Waals surface area contributed by atoms with E-state index in [-0.39, 0.29) is 12.7 Å². The molecule has 0 aromatic heterocycles. The van der Waals surface area contributed by atoms with Crippen LogP contribution < -0.4 is 10.5 Å². The van der Waals surface area contributed by atoms with Crippen molar-refractivity contribution < 1.29 is 23.7 Å². The lowest BCUT2D eigenvalue weighted by Gasteiger charge is -2.16. The van der Waals surface area contributed by atoms with Crippen LogP contribution in [-0.4, -0.2) is 13.3 Å². The van der Waals surface area contributed by atoms with Crippen molar-refractivity contribution in [2.24, 2.45) is 5.73 Å². The van der Waals surface area contributed by atoms with Crippen LogP contribution in [0.15, 0.2) is 18.2 Å². The molecule has 0 saturated carbocycles. The summed E-state index contributed by atoms with van der Waals surface area (Å²) in [5.74, 6) is -0.983. The third-order valence-electron chi connectivity index (χ3n) is 1.89. The summed E-state index contributed by atoms with van der Waals surface area (Å²) in [6, 6.07) is 0.728. The van der Waals surface area contributed by atoms with E-state index in [0.29, 0.717) is 0 Å². The van der Waals surface area contributed by atoms with Crippen LogP contribution in [0.4, 0.5) is 17.6 Å². The molecule has 2 N–H and O–H groups in total. The molecule has 86 valence electrons. The van der Waals surface area contributed by atoms with E-state index in [0.717, 1.165) is 18.2 Å². The normalized spacial score (nSPS) is 13.7. The number of hydrogen-bond acceptors (Lipinski definition) is 2. The highest BCUT2D eigenvalue weighted by Crippen LogP contribution is 2.32. The maximum Gasteiger partial charge on any atom is 0.407 e. The van der Waals surface area contributed by atoms with Crippen molar-refractivity contribution in [3.63, 3.8) is 0 Å². The van der Waals surface area contributed by atoms with Gasteiger partial charge in [-0.3, -0.25) is 0 Å². The van der Waals surface area contributed by atoms with Crippen LogP contribution in [0.3, 0.4) is 0 Å². The summed E-state index contributed by atoms with van der Waals surface area (Å²) in [6.07, 6.45) is -4.58. The summed E-state index contributed by atoms with van der Waals surface area (Å²) < 4.78 is 54.1. The van der Waals surface area contributed by atoms with Gasteiger partial charge < -0.3 is 10.5 Å². The Hall–Kier alpha value is -1.30. The van der Waals surface area contributed by atoms with Crippen LogP contribution in [0, 0.1) is 5.82 Å². The summed E-state index contributed by atoms with van der Waals surface area (Å²) in [6.45, 7) is 0. The zero-order valence-corrected chi connectivity index (χ0v) is 7.81. The Morgan fingerprint density at radius 3 is 2.40 bits per heavy atom. The van der Waals surface area contributed by atoms with E-state index >= 15 is 0 Å². The Morgan fingerprint density at radius 2 is 2.00 bits per heavy atom. The number of ether oxygens (including phenoxy) is 1.